The topological polar surface area (TPSA) is 71.5 Å². The number of benzene rings is 2. The van der Waals surface area contributed by atoms with Crippen LogP contribution in [0.4, 0.5) is 0 Å². The van der Waals surface area contributed by atoms with E-state index in [0.29, 0.717) is 12.1 Å². The normalized spacial score (nSPS) is 22.9. The second kappa shape index (κ2) is 9.22. The van der Waals surface area contributed by atoms with Crippen molar-refractivity contribution >= 4 is 22.7 Å². The maximum Gasteiger partial charge on any atom is 0.273 e. The van der Waals surface area contributed by atoms with Gasteiger partial charge >= 0.3 is 0 Å². The van der Waals surface area contributed by atoms with Crippen molar-refractivity contribution in [3.8, 4) is 5.75 Å². The number of nitrogens with zero attached hydrogens (tertiary/aromatic N) is 2. The molecule has 170 valence electrons. The molecular formula is C27H29N3O3. The number of aromatic nitrogens is 1. The van der Waals surface area contributed by atoms with Crippen molar-refractivity contribution in [2.45, 2.75) is 56.7 Å². The minimum atomic E-state index is -0.0541. The summed E-state index contributed by atoms with van der Waals surface area (Å²) in [7, 11) is 1.66. The molecule has 0 aliphatic carbocycles. The molecule has 0 radical (unpaired) electrons. The van der Waals surface area contributed by atoms with E-state index in [4.69, 9.17) is 4.74 Å². The van der Waals surface area contributed by atoms with E-state index < -0.39 is 0 Å². The molecule has 0 unspecified atom stereocenters. The number of carbonyl (C=O) groups is 2. The molecule has 3 atom stereocenters. The number of carbonyl (C=O) groups excluding carboxylic acids is 2. The summed E-state index contributed by atoms with van der Waals surface area (Å²) in [6.07, 6.45) is 4.73. The van der Waals surface area contributed by atoms with E-state index in [1.54, 1.807) is 7.11 Å². The molecule has 33 heavy (non-hydrogen) atoms. The molecular weight excluding hydrogens is 414 g/mol. The molecule has 2 aromatic carbocycles. The number of amides is 2. The molecule has 3 aromatic rings. The smallest absolute Gasteiger partial charge is 0.273 e. The van der Waals surface area contributed by atoms with Gasteiger partial charge in [-0.05, 0) is 55.5 Å². The monoisotopic (exact) mass is 443 g/mol. The summed E-state index contributed by atoms with van der Waals surface area (Å²) in [6, 6.07) is 19.6. The van der Waals surface area contributed by atoms with E-state index in [1.165, 1.54) is 0 Å². The number of para-hydroxylation sites is 1. The standard InChI is InChI=1S/C27H29N3O3/c1-33-21-13-10-18(11-14-21)16-20-17-24-25(8-4-5-9-26(31)29-24)30(20)27(32)23-15-12-19-6-2-3-7-22(19)28-23/h2-3,6-7,10-15,20,24-25H,4-5,8-9,16-17H2,1H3,(H,29,31)/t20-,24+,25-/m1/s1. The number of hydrogen-bond acceptors (Lipinski definition) is 4. The van der Waals surface area contributed by atoms with Crippen LogP contribution in [-0.2, 0) is 11.2 Å². The summed E-state index contributed by atoms with van der Waals surface area (Å²) in [4.78, 5) is 32.9. The molecule has 1 aromatic heterocycles. The Morgan fingerprint density at radius 2 is 1.91 bits per heavy atom. The summed E-state index contributed by atoms with van der Waals surface area (Å²) in [5.74, 6) is 0.847. The molecule has 2 aliphatic rings. The number of likely N-dealkylation sites (tertiary alicyclic amines) is 1. The van der Waals surface area contributed by atoms with Gasteiger partial charge in [-0.3, -0.25) is 9.59 Å². The van der Waals surface area contributed by atoms with Crippen molar-refractivity contribution in [2.75, 3.05) is 7.11 Å². The van der Waals surface area contributed by atoms with E-state index in [9.17, 15) is 9.59 Å². The van der Waals surface area contributed by atoms with E-state index in [-0.39, 0.29) is 29.9 Å². The first kappa shape index (κ1) is 21.4. The van der Waals surface area contributed by atoms with Gasteiger partial charge in [0.25, 0.3) is 5.91 Å². The van der Waals surface area contributed by atoms with Crippen molar-refractivity contribution in [3.05, 3.63) is 71.9 Å². The van der Waals surface area contributed by atoms with Gasteiger partial charge in [-0.25, -0.2) is 4.98 Å². The van der Waals surface area contributed by atoms with Gasteiger partial charge < -0.3 is 15.0 Å². The number of methoxy groups -OCH3 is 1. The van der Waals surface area contributed by atoms with Crippen LogP contribution in [0.3, 0.4) is 0 Å². The van der Waals surface area contributed by atoms with Crippen LogP contribution in [0.1, 0.15) is 48.2 Å². The summed E-state index contributed by atoms with van der Waals surface area (Å²) >= 11 is 0. The average molecular weight is 444 g/mol. The summed E-state index contributed by atoms with van der Waals surface area (Å²) in [6.45, 7) is 0. The Kier molecular flexibility index (Phi) is 5.99. The number of nitrogens with one attached hydrogen (secondary N) is 1. The molecule has 2 fully saturated rings. The maximum atomic E-state index is 13.9. The van der Waals surface area contributed by atoms with Crippen LogP contribution >= 0.6 is 0 Å². The van der Waals surface area contributed by atoms with Crippen molar-refractivity contribution in [1.29, 1.82) is 0 Å². The number of hydrogen-bond donors (Lipinski definition) is 1. The second-order valence-corrected chi connectivity index (χ2v) is 9.03. The fourth-order valence-electron chi connectivity index (χ4n) is 5.29. The summed E-state index contributed by atoms with van der Waals surface area (Å²) < 4.78 is 5.29. The minimum Gasteiger partial charge on any atom is -0.497 e. The highest BCUT2D eigenvalue weighted by Crippen LogP contribution is 2.33. The van der Waals surface area contributed by atoms with E-state index in [0.717, 1.165) is 54.3 Å². The third-order valence-corrected chi connectivity index (χ3v) is 6.92. The van der Waals surface area contributed by atoms with Crippen LogP contribution in [0.5, 0.6) is 5.75 Å². The summed E-state index contributed by atoms with van der Waals surface area (Å²) in [5, 5.41) is 4.22. The highest BCUT2D eigenvalue weighted by atomic mass is 16.5. The first-order chi connectivity index (χ1) is 16.1. The van der Waals surface area contributed by atoms with Crippen molar-refractivity contribution in [1.82, 2.24) is 15.2 Å². The van der Waals surface area contributed by atoms with Gasteiger partial charge in [0.15, 0.2) is 0 Å². The van der Waals surface area contributed by atoms with Crippen LogP contribution in [-0.4, -0.2) is 46.9 Å². The Hall–Kier alpha value is -3.41. The highest BCUT2D eigenvalue weighted by Gasteiger charge is 2.45. The SMILES string of the molecule is COc1ccc(C[C@@H]2C[C@@H]3NC(=O)CCCC[C@H]3N2C(=O)c2ccc3ccccc3n2)cc1. The van der Waals surface area contributed by atoms with Crippen LogP contribution in [0, 0.1) is 0 Å². The second-order valence-electron chi connectivity index (χ2n) is 9.03. The lowest BCUT2D eigenvalue weighted by atomic mass is 9.97. The van der Waals surface area contributed by atoms with Gasteiger partial charge in [0.1, 0.15) is 11.4 Å². The molecule has 3 heterocycles. The quantitative estimate of drug-likeness (QED) is 0.658. The number of ether oxygens (including phenoxy) is 1. The minimum absolute atomic E-state index is 0.00688. The Morgan fingerprint density at radius 1 is 1.09 bits per heavy atom. The number of fused-ring (bicyclic) bond motifs is 2. The molecule has 2 aliphatic heterocycles. The zero-order valence-electron chi connectivity index (χ0n) is 18.9. The van der Waals surface area contributed by atoms with Gasteiger partial charge in [0.05, 0.1) is 24.7 Å². The first-order valence-corrected chi connectivity index (χ1v) is 11.7. The third kappa shape index (κ3) is 4.42. The molecule has 1 N–H and O–H groups in total. The number of rotatable bonds is 4. The third-order valence-electron chi connectivity index (χ3n) is 6.92. The summed E-state index contributed by atoms with van der Waals surface area (Å²) in [5.41, 5.74) is 2.42. The lowest BCUT2D eigenvalue weighted by Gasteiger charge is -2.33. The van der Waals surface area contributed by atoms with Gasteiger partial charge in [-0.15, -0.1) is 0 Å². The molecule has 0 spiro atoms. The Bertz CT molecular complexity index is 1160. The zero-order chi connectivity index (χ0) is 22.8. The lowest BCUT2D eigenvalue weighted by Crippen LogP contribution is -2.49. The largest absolute Gasteiger partial charge is 0.497 e. The molecule has 2 saturated heterocycles. The molecule has 5 rings (SSSR count). The molecule has 6 heteroatoms. The highest BCUT2D eigenvalue weighted by molar-refractivity contribution is 5.95. The maximum absolute atomic E-state index is 13.9. The van der Waals surface area contributed by atoms with Crippen molar-refractivity contribution < 1.29 is 14.3 Å². The predicted octanol–water partition coefficient (Wildman–Crippen LogP) is 4.13. The van der Waals surface area contributed by atoms with Crippen LogP contribution < -0.4 is 10.1 Å². The van der Waals surface area contributed by atoms with Crippen LogP contribution in [0.2, 0.25) is 0 Å². The lowest BCUT2D eigenvalue weighted by molar-refractivity contribution is -0.122. The van der Waals surface area contributed by atoms with Gasteiger partial charge in [0.2, 0.25) is 5.91 Å². The van der Waals surface area contributed by atoms with E-state index in [1.807, 2.05) is 53.4 Å². The Balaban J connectivity index is 1.48. The first-order valence-electron chi connectivity index (χ1n) is 11.7. The zero-order valence-corrected chi connectivity index (χ0v) is 18.9. The van der Waals surface area contributed by atoms with E-state index >= 15 is 0 Å². The Labute approximate surface area is 194 Å². The predicted molar refractivity (Wildman–Crippen MR) is 127 cm³/mol. The van der Waals surface area contributed by atoms with Crippen LogP contribution in [0.15, 0.2) is 60.7 Å². The van der Waals surface area contributed by atoms with Crippen LogP contribution in [0.25, 0.3) is 10.9 Å². The van der Waals surface area contributed by atoms with E-state index in [2.05, 4.69) is 22.4 Å². The fourth-order valence-corrected chi connectivity index (χ4v) is 5.29. The molecule has 0 bridgehead atoms. The van der Waals surface area contributed by atoms with Crippen molar-refractivity contribution in [3.63, 3.8) is 0 Å². The van der Waals surface area contributed by atoms with Crippen molar-refractivity contribution in [2.24, 2.45) is 0 Å². The fraction of sp³-hybridized carbons (Fsp3) is 0.370. The number of pyridine rings is 1. The Morgan fingerprint density at radius 3 is 2.73 bits per heavy atom. The molecule has 0 saturated carbocycles. The molecule has 6 nitrogen and oxygen atoms in total. The van der Waals surface area contributed by atoms with Gasteiger partial charge in [-0.1, -0.05) is 42.8 Å². The van der Waals surface area contributed by atoms with Gasteiger partial charge in [-0.2, -0.15) is 0 Å². The average Bonchev–Trinajstić information content (AvgIpc) is 3.15. The molecule has 2 amide bonds. The van der Waals surface area contributed by atoms with Gasteiger partial charge in [0, 0.05) is 17.8 Å².